The maximum atomic E-state index is 15.6. The van der Waals surface area contributed by atoms with E-state index in [9.17, 15) is 4.79 Å². The van der Waals surface area contributed by atoms with E-state index < -0.39 is 11.4 Å². The average Bonchev–Trinajstić information content (AvgIpc) is 3.44. The monoisotopic (exact) mass is 587 g/mol. The Hall–Kier alpha value is -4.84. The lowest BCUT2D eigenvalue weighted by atomic mass is 9.98. The molecule has 0 radical (unpaired) electrons. The van der Waals surface area contributed by atoms with E-state index in [1.807, 2.05) is 18.7 Å². The Balaban J connectivity index is 1.29. The molecule has 5 aromatic rings. The van der Waals surface area contributed by atoms with E-state index in [4.69, 9.17) is 21.3 Å². The van der Waals surface area contributed by atoms with Crippen LogP contribution in [0.1, 0.15) is 19.4 Å². The molecule has 0 bridgehead atoms. The first kappa shape index (κ1) is 27.3. The van der Waals surface area contributed by atoms with Crippen LogP contribution in [-0.4, -0.2) is 65.5 Å². The predicted molar refractivity (Wildman–Crippen MR) is 158 cm³/mol. The Morgan fingerprint density at radius 2 is 2.00 bits per heavy atom. The number of nitrogens with zero attached hydrogens (tertiary/aromatic N) is 8. The van der Waals surface area contributed by atoms with E-state index in [1.54, 1.807) is 52.9 Å². The van der Waals surface area contributed by atoms with Crippen molar-refractivity contribution in [1.82, 2.24) is 34.4 Å². The summed E-state index contributed by atoms with van der Waals surface area (Å²) in [5.74, 6) is 1.10. The zero-order valence-electron chi connectivity index (χ0n) is 23.2. The summed E-state index contributed by atoms with van der Waals surface area (Å²) < 4.78 is 23.2. The topological polar surface area (TPSA) is 114 Å². The number of hydrogen-bond acceptors (Lipinski definition) is 9. The number of anilines is 3. The van der Waals surface area contributed by atoms with Crippen LogP contribution in [0, 0.1) is 12.7 Å². The molecule has 0 spiro atoms. The summed E-state index contributed by atoms with van der Waals surface area (Å²) in [5, 5.41) is 7.55. The smallest absolute Gasteiger partial charge is 0.246 e. The second kappa shape index (κ2) is 10.5. The van der Waals surface area contributed by atoms with Gasteiger partial charge >= 0.3 is 0 Å². The first-order chi connectivity index (χ1) is 20.1. The molecule has 0 atom stereocenters. The van der Waals surface area contributed by atoms with Crippen molar-refractivity contribution in [1.29, 1.82) is 0 Å². The minimum absolute atomic E-state index is 0.123. The molecule has 11 nitrogen and oxygen atoms in total. The second-order valence-corrected chi connectivity index (χ2v) is 10.9. The number of halogens is 2. The molecule has 1 N–H and O–H groups in total. The van der Waals surface area contributed by atoms with Gasteiger partial charge in [-0.1, -0.05) is 18.2 Å². The number of aromatic nitrogens is 6. The summed E-state index contributed by atoms with van der Waals surface area (Å²) in [6, 6.07) is 8.42. The SMILES string of the molecule is C=CC(=O)N1CCN(c2nc3c(Nc4ccc(Oc5ccn6ncnc6c5)c(C)c4F)ncnc3cc2Cl)CC1(C)C. The van der Waals surface area contributed by atoms with E-state index in [0.717, 1.165) is 0 Å². The van der Waals surface area contributed by atoms with Crippen molar-refractivity contribution < 1.29 is 13.9 Å². The number of amides is 1. The van der Waals surface area contributed by atoms with Crippen LogP contribution in [0.2, 0.25) is 5.02 Å². The van der Waals surface area contributed by atoms with Crippen molar-refractivity contribution in [3.05, 3.63) is 78.2 Å². The molecule has 5 heterocycles. The third-order valence-electron chi connectivity index (χ3n) is 7.26. The molecule has 0 saturated carbocycles. The highest BCUT2D eigenvalue weighted by molar-refractivity contribution is 6.33. The average molecular weight is 588 g/mol. The molecule has 42 heavy (non-hydrogen) atoms. The highest BCUT2D eigenvalue weighted by Crippen LogP contribution is 2.35. The largest absolute Gasteiger partial charge is 0.457 e. The molecule has 1 aliphatic rings. The highest BCUT2D eigenvalue weighted by atomic mass is 35.5. The van der Waals surface area contributed by atoms with Crippen LogP contribution in [0.25, 0.3) is 16.7 Å². The van der Waals surface area contributed by atoms with Crippen LogP contribution in [0.5, 0.6) is 11.5 Å². The van der Waals surface area contributed by atoms with Crippen molar-refractivity contribution in [3.8, 4) is 11.5 Å². The first-order valence-corrected chi connectivity index (χ1v) is 13.6. The molecule has 1 saturated heterocycles. The number of carbonyl (C=O) groups excluding carboxylic acids is 1. The molecule has 1 fully saturated rings. The third-order valence-corrected chi connectivity index (χ3v) is 7.54. The number of benzene rings is 1. The van der Waals surface area contributed by atoms with Gasteiger partial charge in [0.15, 0.2) is 17.3 Å². The summed E-state index contributed by atoms with van der Waals surface area (Å²) in [6.07, 6.45) is 5.86. The van der Waals surface area contributed by atoms with E-state index in [-0.39, 0.29) is 11.6 Å². The molecule has 1 aliphatic heterocycles. The van der Waals surface area contributed by atoms with Crippen molar-refractivity contribution in [3.63, 3.8) is 0 Å². The molecular weight excluding hydrogens is 561 g/mol. The highest BCUT2D eigenvalue weighted by Gasteiger charge is 2.37. The Morgan fingerprint density at radius 1 is 1.17 bits per heavy atom. The fraction of sp³-hybridized carbons (Fsp3) is 0.241. The Bertz CT molecular complexity index is 1860. The van der Waals surface area contributed by atoms with Crippen molar-refractivity contribution >= 4 is 51.5 Å². The van der Waals surface area contributed by atoms with Crippen molar-refractivity contribution in [2.45, 2.75) is 26.3 Å². The number of rotatable bonds is 6. The van der Waals surface area contributed by atoms with E-state index in [0.29, 0.717) is 70.0 Å². The van der Waals surface area contributed by atoms with Crippen LogP contribution in [0.4, 0.5) is 21.7 Å². The number of nitrogens with one attached hydrogen (secondary N) is 1. The molecular formula is C29H27ClFN9O2. The normalized spacial score (nSPS) is 14.8. The Kier molecular flexibility index (Phi) is 6.85. The molecule has 214 valence electrons. The van der Waals surface area contributed by atoms with Crippen LogP contribution >= 0.6 is 11.6 Å². The van der Waals surface area contributed by atoms with Crippen LogP contribution in [0.3, 0.4) is 0 Å². The minimum Gasteiger partial charge on any atom is -0.457 e. The lowest BCUT2D eigenvalue weighted by Gasteiger charge is -2.47. The lowest BCUT2D eigenvalue weighted by Crippen LogP contribution is -2.61. The Morgan fingerprint density at radius 3 is 2.79 bits per heavy atom. The predicted octanol–water partition coefficient (Wildman–Crippen LogP) is 5.32. The van der Waals surface area contributed by atoms with Gasteiger partial charge in [-0.3, -0.25) is 4.79 Å². The van der Waals surface area contributed by atoms with Crippen LogP contribution in [0.15, 0.2) is 61.8 Å². The zero-order valence-corrected chi connectivity index (χ0v) is 23.9. The van der Waals surface area contributed by atoms with Gasteiger partial charge in [-0.2, -0.15) is 5.10 Å². The quantitative estimate of drug-likeness (QED) is 0.264. The van der Waals surface area contributed by atoms with Gasteiger partial charge < -0.3 is 19.9 Å². The van der Waals surface area contributed by atoms with Gasteiger partial charge in [-0.15, -0.1) is 0 Å². The third kappa shape index (κ3) is 4.94. The molecule has 0 unspecified atom stereocenters. The second-order valence-electron chi connectivity index (χ2n) is 10.5. The van der Waals surface area contributed by atoms with Crippen molar-refractivity contribution in [2.24, 2.45) is 0 Å². The summed E-state index contributed by atoms with van der Waals surface area (Å²) in [7, 11) is 0. The van der Waals surface area contributed by atoms with Gasteiger partial charge in [0.1, 0.15) is 35.5 Å². The number of pyridine rings is 2. The van der Waals surface area contributed by atoms with Gasteiger partial charge in [0, 0.05) is 37.5 Å². The molecule has 0 aliphatic carbocycles. The number of carbonyl (C=O) groups is 1. The lowest BCUT2D eigenvalue weighted by molar-refractivity contribution is -0.131. The summed E-state index contributed by atoms with van der Waals surface area (Å²) >= 11 is 6.66. The first-order valence-electron chi connectivity index (χ1n) is 13.2. The minimum atomic E-state index is -0.498. The summed E-state index contributed by atoms with van der Waals surface area (Å²) in [4.78, 5) is 33.8. The fourth-order valence-corrected chi connectivity index (χ4v) is 5.37. The van der Waals surface area contributed by atoms with Gasteiger partial charge in [0.25, 0.3) is 0 Å². The fourth-order valence-electron chi connectivity index (χ4n) is 5.11. The maximum Gasteiger partial charge on any atom is 0.246 e. The molecule has 1 aromatic carbocycles. The molecule has 4 aromatic heterocycles. The number of piperazine rings is 1. The van der Waals surface area contributed by atoms with E-state index in [1.165, 1.54) is 18.7 Å². The van der Waals surface area contributed by atoms with Gasteiger partial charge in [-0.25, -0.2) is 28.8 Å². The van der Waals surface area contributed by atoms with Crippen LogP contribution < -0.4 is 15.0 Å². The summed E-state index contributed by atoms with van der Waals surface area (Å²) in [5.41, 5.74) is 1.57. The number of hydrogen-bond donors (Lipinski definition) is 1. The molecule has 13 heteroatoms. The van der Waals surface area contributed by atoms with Gasteiger partial charge in [0.05, 0.1) is 21.8 Å². The van der Waals surface area contributed by atoms with Crippen LogP contribution in [-0.2, 0) is 4.79 Å². The van der Waals surface area contributed by atoms with Crippen molar-refractivity contribution in [2.75, 3.05) is 29.9 Å². The molecule has 6 rings (SSSR count). The van der Waals surface area contributed by atoms with E-state index in [2.05, 4.69) is 31.9 Å². The zero-order chi connectivity index (χ0) is 29.6. The van der Waals surface area contributed by atoms with E-state index >= 15 is 4.39 Å². The number of ether oxygens (including phenoxy) is 1. The van der Waals surface area contributed by atoms with Gasteiger partial charge in [-0.05, 0) is 51.1 Å². The maximum absolute atomic E-state index is 15.6. The number of fused-ring (bicyclic) bond motifs is 2. The standard InChI is InChI=1S/C29H27ClFN9O2/c1-5-24(41)39-11-10-38(14-29(39,3)4)28-19(30)13-21-26(37-28)27(34-15-32-21)36-20-6-7-22(17(2)25(20)31)42-18-8-9-40-23(12-18)33-16-35-40/h5-9,12-13,15-16H,1,10-11,14H2,2-4H3,(H,32,34,36). The summed E-state index contributed by atoms with van der Waals surface area (Å²) in [6.45, 7) is 10.7. The Labute approximate surface area is 245 Å². The molecule has 1 amide bonds. The van der Waals surface area contributed by atoms with Gasteiger partial charge in [0.2, 0.25) is 5.91 Å².